The third-order valence-corrected chi connectivity index (χ3v) is 9.45. The SMILES string of the molecule is COc1cc(-c2nccc(-c3cccc(NC(=O)c4nc5c(n4C)CCN(CCO)C5)c3C)c2Cl)ccc1CNC[C@@H]1CCC(=O)N1. The Kier molecular flexibility index (Phi) is 9.88. The van der Waals surface area contributed by atoms with Gasteiger partial charge in [-0.05, 0) is 42.7 Å². The van der Waals surface area contributed by atoms with Crippen LogP contribution in [0.1, 0.15) is 46.0 Å². The van der Waals surface area contributed by atoms with Gasteiger partial charge in [-0.2, -0.15) is 0 Å². The molecule has 1 fully saturated rings. The Hall–Kier alpha value is -4.29. The molecule has 47 heavy (non-hydrogen) atoms. The average molecular weight is 658 g/mol. The molecular formula is C35H40ClN7O4. The largest absolute Gasteiger partial charge is 0.496 e. The lowest BCUT2D eigenvalue weighted by atomic mass is 9.97. The summed E-state index contributed by atoms with van der Waals surface area (Å²) in [4.78, 5) is 36.4. The predicted molar refractivity (Wildman–Crippen MR) is 182 cm³/mol. The van der Waals surface area contributed by atoms with E-state index in [1.54, 1.807) is 13.3 Å². The van der Waals surface area contributed by atoms with E-state index < -0.39 is 0 Å². The minimum absolute atomic E-state index is 0.0936. The maximum atomic E-state index is 13.5. The van der Waals surface area contributed by atoms with E-state index in [-0.39, 0.29) is 24.5 Å². The molecule has 0 bridgehead atoms. The third-order valence-electron chi connectivity index (χ3n) is 9.07. The van der Waals surface area contributed by atoms with Crippen molar-refractivity contribution in [1.82, 2.24) is 30.1 Å². The maximum Gasteiger partial charge on any atom is 0.291 e. The first-order chi connectivity index (χ1) is 22.8. The number of anilines is 1. The van der Waals surface area contributed by atoms with Gasteiger partial charge < -0.3 is 30.4 Å². The van der Waals surface area contributed by atoms with Gasteiger partial charge in [0.1, 0.15) is 5.75 Å². The minimum Gasteiger partial charge on any atom is -0.496 e. The summed E-state index contributed by atoms with van der Waals surface area (Å²) >= 11 is 7.05. The number of fused-ring (bicyclic) bond motifs is 1. The van der Waals surface area contributed by atoms with Crippen molar-refractivity contribution in [3.63, 3.8) is 0 Å². The van der Waals surface area contributed by atoms with E-state index in [1.165, 1.54) is 0 Å². The predicted octanol–water partition coefficient (Wildman–Crippen LogP) is 4.09. The molecule has 2 aliphatic rings. The summed E-state index contributed by atoms with van der Waals surface area (Å²) in [6, 6.07) is 13.7. The summed E-state index contributed by atoms with van der Waals surface area (Å²) in [5, 5.41) is 19.3. The molecule has 4 aromatic rings. The van der Waals surface area contributed by atoms with Crippen molar-refractivity contribution >= 4 is 29.1 Å². The number of aliphatic hydroxyl groups is 1. The van der Waals surface area contributed by atoms with Crippen molar-refractivity contribution in [2.24, 2.45) is 7.05 Å². The molecule has 2 aliphatic heterocycles. The number of carbonyl (C=O) groups excluding carboxylic acids is 2. The topological polar surface area (TPSA) is 134 Å². The van der Waals surface area contributed by atoms with Crippen molar-refractivity contribution in [2.75, 3.05) is 38.7 Å². The van der Waals surface area contributed by atoms with Crippen LogP contribution in [-0.2, 0) is 31.4 Å². The molecule has 0 saturated carbocycles. The number of hydrogen-bond donors (Lipinski definition) is 4. The number of nitrogens with one attached hydrogen (secondary N) is 3. The second-order valence-corrected chi connectivity index (χ2v) is 12.4. The smallest absolute Gasteiger partial charge is 0.291 e. The minimum atomic E-state index is -0.285. The Morgan fingerprint density at radius 1 is 1.19 bits per heavy atom. The molecular weight excluding hydrogens is 618 g/mol. The summed E-state index contributed by atoms with van der Waals surface area (Å²) < 4.78 is 7.59. The lowest BCUT2D eigenvalue weighted by molar-refractivity contribution is -0.119. The van der Waals surface area contributed by atoms with Crippen molar-refractivity contribution in [2.45, 2.75) is 45.3 Å². The molecule has 0 spiro atoms. The monoisotopic (exact) mass is 657 g/mol. The second kappa shape index (κ2) is 14.2. The molecule has 4 heterocycles. The fourth-order valence-corrected chi connectivity index (χ4v) is 6.78. The van der Waals surface area contributed by atoms with Gasteiger partial charge in [-0.15, -0.1) is 0 Å². The highest BCUT2D eigenvalue weighted by Crippen LogP contribution is 2.39. The molecule has 1 saturated heterocycles. The first kappa shape index (κ1) is 32.6. The first-order valence-corrected chi connectivity index (χ1v) is 16.3. The zero-order valence-corrected chi connectivity index (χ0v) is 27.7. The number of methoxy groups -OCH3 is 1. The number of pyridine rings is 1. The van der Waals surface area contributed by atoms with Crippen molar-refractivity contribution in [1.29, 1.82) is 0 Å². The molecule has 2 amide bonds. The quantitative estimate of drug-likeness (QED) is 0.190. The summed E-state index contributed by atoms with van der Waals surface area (Å²) in [5.74, 6) is 0.888. The van der Waals surface area contributed by atoms with Gasteiger partial charge >= 0.3 is 0 Å². The van der Waals surface area contributed by atoms with Gasteiger partial charge in [0.2, 0.25) is 5.91 Å². The summed E-state index contributed by atoms with van der Waals surface area (Å²) in [6.07, 6.45) is 3.93. The second-order valence-electron chi connectivity index (χ2n) is 12.1. The number of ether oxygens (including phenoxy) is 1. The fraction of sp³-hybridized carbons (Fsp3) is 0.371. The normalized spacial score (nSPS) is 16.2. The molecule has 4 N–H and O–H groups in total. The Bertz CT molecular complexity index is 1810. The number of carbonyl (C=O) groups is 2. The summed E-state index contributed by atoms with van der Waals surface area (Å²) in [6.45, 7) is 5.36. The molecule has 11 nitrogen and oxygen atoms in total. The van der Waals surface area contributed by atoms with E-state index in [2.05, 4.69) is 30.8 Å². The van der Waals surface area contributed by atoms with E-state index in [0.29, 0.717) is 60.6 Å². The third kappa shape index (κ3) is 6.89. The number of benzene rings is 2. The fourth-order valence-electron chi connectivity index (χ4n) is 6.46. The molecule has 1 atom stereocenters. The van der Waals surface area contributed by atoms with Gasteiger partial charge in [0.15, 0.2) is 5.82 Å². The van der Waals surface area contributed by atoms with Crippen LogP contribution in [-0.4, -0.2) is 75.7 Å². The Balaban J connectivity index is 1.20. The molecule has 0 radical (unpaired) electrons. The van der Waals surface area contributed by atoms with E-state index >= 15 is 0 Å². The standard InChI is InChI=1S/C35H40ClN7O4/c1-21-25(5-4-6-27(21)41-35(46)34-40-28-20-43(15-16-44)14-12-29(28)42(34)2)26-11-13-38-33(32(26)36)22-7-8-23(30(17-22)47-3)18-37-19-24-9-10-31(45)39-24/h4-8,11,13,17,24,37,44H,9-10,12,14-16,18-20H2,1-3H3,(H,39,45)(H,41,46)/t24-/m0/s1. The lowest BCUT2D eigenvalue weighted by Crippen LogP contribution is -2.35. The zero-order chi connectivity index (χ0) is 33.1. The Labute approximate surface area is 279 Å². The first-order valence-electron chi connectivity index (χ1n) is 15.9. The highest BCUT2D eigenvalue weighted by molar-refractivity contribution is 6.35. The van der Waals surface area contributed by atoms with Crippen LogP contribution in [0, 0.1) is 6.92 Å². The van der Waals surface area contributed by atoms with Crippen LogP contribution in [0.15, 0.2) is 48.7 Å². The molecule has 6 rings (SSSR count). The Morgan fingerprint density at radius 2 is 2.04 bits per heavy atom. The number of imidazole rings is 1. The van der Waals surface area contributed by atoms with Gasteiger partial charge in [0, 0.05) is 92.9 Å². The van der Waals surface area contributed by atoms with Crippen molar-refractivity contribution < 1.29 is 19.4 Å². The van der Waals surface area contributed by atoms with Crippen LogP contribution in [0.5, 0.6) is 5.75 Å². The number of aliphatic hydroxyl groups excluding tert-OH is 1. The molecule has 0 aliphatic carbocycles. The average Bonchev–Trinajstić information content (AvgIpc) is 3.64. The lowest BCUT2D eigenvalue weighted by Gasteiger charge is -2.25. The number of amides is 2. The van der Waals surface area contributed by atoms with Crippen LogP contribution in [0.2, 0.25) is 5.02 Å². The maximum absolute atomic E-state index is 13.5. The van der Waals surface area contributed by atoms with Gasteiger partial charge in [0.25, 0.3) is 5.91 Å². The van der Waals surface area contributed by atoms with Crippen LogP contribution < -0.4 is 20.7 Å². The summed E-state index contributed by atoms with van der Waals surface area (Å²) in [5.41, 5.74) is 7.56. The van der Waals surface area contributed by atoms with Crippen LogP contribution in [0.4, 0.5) is 5.69 Å². The molecule has 0 unspecified atom stereocenters. The van der Waals surface area contributed by atoms with Gasteiger partial charge in [-0.3, -0.25) is 19.5 Å². The number of β-amino-alcohol motifs (C(OH)–C–C–N with tert-alkyl or cyclic N) is 1. The summed E-state index contributed by atoms with van der Waals surface area (Å²) in [7, 11) is 3.51. The number of rotatable bonds is 11. The number of halogens is 1. The van der Waals surface area contributed by atoms with E-state index in [9.17, 15) is 14.7 Å². The van der Waals surface area contributed by atoms with Crippen LogP contribution >= 0.6 is 11.6 Å². The molecule has 12 heteroatoms. The number of aromatic nitrogens is 3. The van der Waals surface area contributed by atoms with E-state index in [0.717, 1.165) is 58.6 Å². The highest BCUT2D eigenvalue weighted by Gasteiger charge is 2.26. The van der Waals surface area contributed by atoms with Gasteiger partial charge in [-0.1, -0.05) is 35.9 Å². The van der Waals surface area contributed by atoms with E-state index in [1.807, 2.05) is 61.0 Å². The molecule has 2 aromatic heterocycles. The molecule has 246 valence electrons. The van der Waals surface area contributed by atoms with Crippen LogP contribution in [0.25, 0.3) is 22.4 Å². The van der Waals surface area contributed by atoms with Crippen molar-refractivity contribution in [3.05, 3.63) is 82.0 Å². The number of nitrogens with zero attached hydrogens (tertiary/aromatic N) is 4. The Morgan fingerprint density at radius 3 is 2.81 bits per heavy atom. The molecule has 2 aromatic carbocycles. The zero-order valence-electron chi connectivity index (χ0n) is 26.9. The van der Waals surface area contributed by atoms with Gasteiger partial charge in [-0.25, -0.2) is 4.98 Å². The van der Waals surface area contributed by atoms with Crippen LogP contribution in [0.3, 0.4) is 0 Å². The highest BCUT2D eigenvalue weighted by atomic mass is 35.5. The van der Waals surface area contributed by atoms with Gasteiger partial charge in [0.05, 0.1) is 30.1 Å². The van der Waals surface area contributed by atoms with E-state index in [4.69, 9.17) is 16.3 Å². The number of hydrogen-bond acceptors (Lipinski definition) is 8. The van der Waals surface area contributed by atoms with Crippen molar-refractivity contribution in [3.8, 4) is 28.1 Å².